The maximum atomic E-state index is 12.9. The summed E-state index contributed by atoms with van der Waals surface area (Å²) < 4.78 is 25.9. The van der Waals surface area contributed by atoms with Crippen LogP contribution in [0.2, 0.25) is 0 Å². The Morgan fingerprint density at radius 2 is 2.23 bits per heavy atom. The Labute approximate surface area is 74.2 Å². The zero-order valence-electron chi connectivity index (χ0n) is 6.82. The molecule has 1 aliphatic carbocycles. The number of pyridine rings is 1. The second-order valence-electron chi connectivity index (χ2n) is 3.20. The normalized spacial score (nSPS) is 30.1. The number of nitrogens with zero attached hydrogens (tertiary/aromatic N) is 1. The van der Waals surface area contributed by atoms with Gasteiger partial charge in [0.2, 0.25) is 0 Å². The Morgan fingerprint density at radius 3 is 2.69 bits per heavy atom. The lowest BCUT2D eigenvalue weighted by molar-refractivity contribution is 0.0782. The summed E-state index contributed by atoms with van der Waals surface area (Å²) in [6, 6.07) is 4.91. The number of aliphatic hydroxyl groups excluding tert-OH is 1. The first-order valence-electron chi connectivity index (χ1n) is 4.07. The van der Waals surface area contributed by atoms with Gasteiger partial charge in [0, 0.05) is 6.20 Å². The third kappa shape index (κ3) is 1.21. The summed E-state index contributed by atoms with van der Waals surface area (Å²) >= 11 is 0. The quantitative estimate of drug-likeness (QED) is 0.755. The highest BCUT2D eigenvalue weighted by Gasteiger charge is 2.69. The number of halogens is 2. The highest BCUT2D eigenvalue weighted by atomic mass is 19.3. The average molecular weight is 185 g/mol. The minimum atomic E-state index is -2.77. The Balaban J connectivity index is 2.22. The van der Waals surface area contributed by atoms with E-state index in [0.717, 1.165) is 0 Å². The van der Waals surface area contributed by atoms with Crippen LogP contribution >= 0.6 is 0 Å². The molecule has 0 radical (unpaired) electrons. The molecule has 1 N–H and O–H groups in total. The molecule has 70 valence electrons. The van der Waals surface area contributed by atoms with E-state index in [9.17, 15) is 8.78 Å². The molecule has 1 fully saturated rings. The molecule has 2 atom stereocenters. The van der Waals surface area contributed by atoms with E-state index in [1.54, 1.807) is 18.2 Å². The number of hydrogen-bond acceptors (Lipinski definition) is 2. The van der Waals surface area contributed by atoms with Gasteiger partial charge in [-0.05, 0) is 12.1 Å². The van der Waals surface area contributed by atoms with Gasteiger partial charge in [0.15, 0.2) is 0 Å². The largest absolute Gasteiger partial charge is 0.396 e. The van der Waals surface area contributed by atoms with Crippen molar-refractivity contribution in [1.82, 2.24) is 4.98 Å². The molecular formula is C9H9F2NO. The van der Waals surface area contributed by atoms with Gasteiger partial charge in [-0.1, -0.05) is 6.07 Å². The van der Waals surface area contributed by atoms with Crippen LogP contribution in [0, 0.1) is 5.92 Å². The molecule has 13 heavy (non-hydrogen) atoms. The minimum absolute atomic E-state index is 0.367. The highest BCUT2D eigenvalue weighted by Crippen LogP contribution is 2.60. The van der Waals surface area contributed by atoms with Crippen molar-refractivity contribution in [2.75, 3.05) is 6.61 Å². The molecule has 2 rings (SSSR count). The summed E-state index contributed by atoms with van der Waals surface area (Å²) in [5, 5.41) is 8.67. The first kappa shape index (κ1) is 8.56. The molecule has 0 spiro atoms. The van der Waals surface area contributed by atoms with E-state index in [1.165, 1.54) is 6.20 Å². The summed E-state index contributed by atoms with van der Waals surface area (Å²) in [5.74, 6) is -4.61. The van der Waals surface area contributed by atoms with Gasteiger partial charge in [0.1, 0.15) is 0 Å². The fraction of sp³-hybridized carbons (Fsp3) is 0.444. The van der Waals surface area contributed by atoms with Gasteiger partial charge < -0.3 is 5.11 Å². The van der Waals surface area contributed by atoms with Crippen molar-refractivity contribution >= 4 is 0 Å². The van der Waals surface area contributed by atoms with E-state index < -0.39 is 24.4 Å². The molecule has 0 unspecified atom stereocenters. The lowest BCUT2D eigenvalue weighted by Gasteiger charge is -1.95. The Bertz CT molecular complexity index is 302. The summed E-state index contributed by atoms with van der Waals surface area (Å²) in [6.45, 7) is -0.478. The van der Waals surface area contributed by atoms with Gasteiger partial charge in [-0.3, -0.25) is 4.98 Å². The third-order valence-electron chi connectivity index (χ3n) is 2.41. The summed E-state index contributed by atoms with van der Waals surface area (Å²) in [7, 11) is 0. The SMILES string of the molecule is OC[C@@H]1[C@@H](c2ccccn2)C1(F)F. The van der Waals surface area contributed by atoms with Gasteiger partial charge in [-0.2, -0.15) is 0 Å². The predicted molar refractivity (Wildman–Crippen MR) is 42.5 cm³/mol. The van der Waals surface area contributed by atoms with Crippen LogP contribution < -0.4 is 0 Å². The fourth-order valence-electron chi connectivity index (χ4n) is 1.58. The third-order valence-corrected chi connectivity index (χ3v) is 2.41. The van der Waals surface area contributed by atoms with Crippen molar-refractivity contribution in [3.8, 4) is 0 Å². The lowest BCUT2D eigenvalue weighted by Crippen LogP contribution is -1.97. The van der Waals surface area contributed by atoms with Gasteiger partial charge in [-0.15, -0.1) is 0 Å². The Hall–Kier alpha value is -1.03. The van der Waals surface area contributed by atoms with E-state index >= 15 is 0 Å². The van der Waals surface area contributed by atoms with Gasteiger partial charge in [0.05, 0.1) is 24.1 Å². The molecule has 0 aliphatic heterocycles. The van der Waals surface area contributed by atoms with Gasteiger partial charge in [0.25, 0.3) is 5.92 Å². The molecule has 0 bridgehead atoms. The highest BCUT2D eigenvalue weighted by molar-refractivity contribution is 5.26. The van der Waals surface area contributed by atoms with Crippen molar-refractivity contribution in [3.63, 3.8) is 0 Å². The molecule has 1 heterocycles. The van der Waals surface area contributed by atoms with E-state index in [2.05, 4.69) is 4.98 Å². The van der Waals surface area contributed by atoms with Crippen LogP contribution in [0.25, 0.3) is 0 Å². The van der Waals surface area contributed by atoms with Crippen molar-refractivity contribution < 1.29 is 13.9 Å². The van der Waals surface area contributed by atoms with E-state index in [-0.39, 0.29) is 0 Å². The molecule has 0 saturated heterocycles. The van der Waals surface area contributed by atoms with Gasteiger partial charge in [-0.25, -0.2) is 8.78 Å². The summed E-state index contributed by atoms with van der Waals surface area (Å²) in [4.78, 5) is 3.84. The lowest BCUT2D eigenvalue weighted by atomic mass is 10.2. The number of aromatic nitrogens is 1. The predicted octanol–water partition coefficient (Wildman–Crippen LogP) is 1.42. The van der Waals surface area contributed by atoms with Crippen LogP contribution in [0.4, 0.5) is 8.78 Å². The second-order valence-corrected chi connectivity index (χ2v) is 3.20. The zero-order chi connectivity index (χ0) is 9.47. The molecule has 1 aromatic rings. The topological polar surface area (TPSA) is 33.1 Å². The molecule has 2 nitrogen and oxygen atoms in total. The number of aliphatic hydroxyl groups is 1. The Kier molecular flexibility index (Phi) is 1.80. The van der Waals surface area contributed by atoms with Crippen LogP contribution in [0.1, 0.15) is 11.6 Å². The van der Waals surface area contributed by atoms with Gasteiger partial charge >= 0.3 is 0 Å². The maximum Gasteiger partial charge on any atom is 0.262 e. The fourth-order valence-corrected chi connectivity index (χ4v) is 1.58. The molecular weight excluding hydrogens is 176 g/mol. The van der Waals surface area contributed by atoms with Crippen LogP contribution in [-0.4, -0.2) is 22.6 Å². The van der Waals surface area contributed by atoms with Crippen molar-refractivity contribution in [2.45, 2.75) is 11.8 Å². The second kappa shape index (κ2) is 2.73. The van der Waals surface area contributed by atoms with Crippen LogP contribution in [-0.2, 0) is 0 Å². The van der Waals surface area contributed by atoms with Crippen LogP contribution in [0.5, 0.6) is 0 Å². The number of hydrogen-bond donors (Lipinski definition) is 1. The molecule has 0 aromatic carbocycles. The number of rotatable bonds is 2. The van der Waals surface area contributed by atoms with Crippen molar-refractivity contribution in [2.24, 2.45) is 5.92 Å². The summed E-state index contributed by atoms with van der Waals surface area (Å²) in [6.07, 6.45) is 1.48. The first-order chi connectivity index (χ1) is 6.18. The van der Waals surface area contributed by atoms with E-state index in [0.29, 0.717) is 5.69 Å². The zero-order valence-corrected chi connectivity index (χ0v) is 6.82. The van der Waals surface area contributed by atoms with E-state index in [1.807, 2.05) is 0 Å². The number of alkyl halides is 2. The molecule has 1 saturated carbocycles. The average Bonchev–Trinajstić information content (AvgIpc) is 2.69. The monoisotopic (exact) mass is 185 g/mol. The Morgan fingerprint density at radius 1 is 1.46 bits per heavy atom. The molecule has 1 aliphatic rings. The molecule has 4 heteroatoms. The van der Waals surface area contributed by atoms with Crippen LogP contribution in [0.3, 0.4) is 0 Å². The van der Waals surface area contributed by atoms with E-state index in [4.69, 9.17) is 5.11 Å². The van der Waals surface area contributed by atoms with Crippen LogP contribution in [0.15, 0.2) is 24.4 Å². The summed E-state index contributed by atoms with van der Waals surface area (Å²) in [5.41, 5.74) is 0.367. The smallest absolute Gasteiger partial charge is 0.262 e. The molecule has 0 amide bonds. The minimum Gasteiger partial charge on any atom is -0.396 e. The standard InChI is InChI=1S/C9H9F2NO/c10-9(11)6(5-13)8(9)7-3-1-2-4-12-7/h1-4,6,8,13H,5H2/t6-,8+/m1/s1. The van der Waals surface area contributed by atoms with Crippen molar-refractivity contribution in [3.05, 3.63) is 30.1 Å². The first-order valence-corrected chi connectivity index (χ1v) is 4.07. The maximum absolute atomic E-state index is 12.9. The molecule has 1 aromatic heterocycles. The van der Waals surface area contributed by atoms with Crippen molar-refractivity contribution in [1.29, 1.82) is 0 Å².